The van der Waals surface area contributed by atoms with E-state index >= 15 is 0 Å². The number of carbonyl (C=O) groups is 2. The third-order valence-corrected chi connectivity index (χ3v) is 2.83. The quantitative estimate of drug-likeness (QED) is 0.621. The predicted octanol–water partition coefficient (Wildman–Crippen LogP) is 1.49. The molecule has 2 aromatic rings. The summed E-state index contributed by atoms with van der Waals surface area (Å²) in [6.45, 7) is -0.145. The number of rotatable bonds is 6. The SMILES string of the molecule is NC(=O)COc1cc(C(=O)OCc2ccccc2)ccc1N. The first-order chi connectivity index (χ1) is 10.6. The van der Waals surface area contributed by atoms with Gasteiger partial charge < -0.3 is 20.9 Å². The Labute approximate surface area is 127 Å². The number of hydrogen-bond acceptors (Lipinski definition) is 5. The summed E-state index contributed by atoms with van der Waals surface area (Å²) < 4.78 is 10.4. The standard InChI is InChI=1S/C16H16N2O4/c17-13-7-6-12(8-14(13)21-10-15(18)19)16(20)22-9-11-4-2-1-3-5-11/h1-8H,9-10,17H2,(H2,18,19). The van der Waals surface area contributed by atoms with Gasteiger partial charge in [0.1, 0.15) is 12.4 Å². The highest BCUT2D eigenvalue weighted by Crippen LogP contribution is 2.23. The zero-order valence-electron chi connectivity index (χ0n) is 11.8. The number of nitrogens with two attached hydrogens (primary N) is 2. The lowest BCUT2D eigenvalue weighted by atomic mass is 10.2. The Morgan fingerprint density at radius 1 is 1.05 bits per heavy atom. The fourth-order valence-corrected chi connectivity index (χ4v) is 1.74. The molecule has 114 valence electrons. The van der Waals surface area contributed by atoms with E-state index in [1.54, 1.807) is 0 Å². The lowest BCUT2D eigenvalue weighted by Gasteiger charge is -2.09. The van der Waals surface area contributed by atoms with Crippen molar-refractivity contribution in [1.29, 1.82) is 0 Å². The van der Waals surface area contributed by atoms with Crippen molar-refractivity contribution in [2.45, 2.75) is 6.61 Å². The van der Waals surface area contributed by atoms with E-state index in [1.165, 1.54) is 18.2 Å². The molecule has 0 saturated heterocycles. The highest BCUT2D eigenvalue weighted by atomic mass is 16.5. The van der Waals surface area contributed by atoms with E-state index in [0.717, 1.165) is 5.56 Å². The van der Waals surface area contributed by atoms with Crippen LogP contribution >= 0.6 is 0 Å². The Balaban J connectivity index is 2.03. The molecule has 0 aliphatic rings. The van der Waals surface area contributed by atoms with E-state index in [2.05, 4.69) is 0 Å². The van der Waals surface area contributed by atoms with E-state index in [0.29, 0.717) is 5.69 Å². The normalized spacial score (nSPS) is 10.0. The molecular weight excluding hydrogens is 284 g/mol. The molecule has 0 aliphatic heterocycles. The summed E-state index contributed by atoms with van der Waals surface area (Å²) in [5, 5.41) is 0. The Kier molecular flexibility index (Phi) is 4.98. The van der Waals surface area contributed by atoms with Gasteiger partial charge in [0.25, 0.3) is 5.91 Å². The van der Waals surface area contributed by atoms with E-state index < -0.39 is 11.9 Å². The van der Waals surface area contributed by atoms with Gasteiger partial charge in [0.05, 0.1) is 11.3 Å². The van der Waals surface area contributed by atoms with E-state index in [9.17, 15) is 9.59 Å². The van der Waals surface area contributed by atoms with Crippen LogP contribution in [0.2, 0.25) is 0 Å². The van der Waals surface area contributed by atoms with Gasteiger partial charge in [-0.15, -0.1) is 0 Å². The monoisotopic (exact) mass is 300 g/mol. The van der Waals surface area contributed by atoms with Crippen molar-refractivity contribution in [3.05, 3.63) is 59.7 Å². The second-order valence-electron chi connectivity index (χ2n) is 4.57. The van der Waals surface area contributed by atoms with Crippen LogP contribution in [0.3, 0.4) is 0 Å². The minimum atomic E-state index is -0.628. The minimum Gasteiger partial charge on any atom is -0.482 e. The summed E-state index contributed by atoms with van der Waals surface area (Å²) >= 11 is 0. The molecule has 2 aromatic carbocycles. The highest BCUT2D eigenvalue weighted by Gasteiger charge is 2.11. The lowest BCUT2D eigenvalue weighted by molar-refractivity contribution is -0.119. The minimum absolute atomic E-state index is 0.168. The van der Waals surface area contributed by atoms with E-state index in [1.807, 2.05) is 30.3 Å². The third kappa shape index (κ3) is 4.24. The van der Waals surface area contributed by atoms with Gasteiger partial charge in [-0.2, -0.15) is 0 Å². The molecule has 0 unspecified atom stereocenters. The highest BCUT2D eigenvalue weighted by molar-refractivity contribution is 5.90. The van der Waals surface area contributed by atoms with Crippen molar-refractivity contribution < 1.29 is 19.1 Å². The zero-order chi connectivity index (χ0) is 15.9. The fourth-order valence-electron chi connectivity index (χ4n) is 1.74. The molecule has 0 heterocycles. The molecular formula is C16H16N2O4. The number of anilines is 1. The van der Waals surface area contributed by atoms with Gasteiger partial charge in [-0.3, -0.25) is 4.79 Å². The van der Waals surface area contributed by atoms with Gasteiger partial charge in [-0.25, -0.2) is 4.79 Å². The molecule has 1 amide bonds. The number of carbonyl (C=O) groups excluding carboxylic acids is 2. The molecule has 4 N–H and O–H groups in total. The summed E-state index contributed by atoms with van der Waals surface area (Å²) in [7, 11) is 0. The van der Waals surface area contributed by atoms with Crippen LogP contribution in [0.4, 0.5) is 5.69 Å². The summed E-state index contributed by atoms with van der Waals surface area (Å²) in [5.74, 6) is -0.919. The first-order valence-electron chi connectivity index (χ1n) is 6.58. The number of esters is 1. The van der Waals surface area contributed by atoms with Crippen molar-refractivity contribution in [1.82, 2.24) is 0 Å². The van der Waals surface area contributed by atoms with Gasteiger partial charge >= 0.3 is 5.97 Å². The molecule has 6 heteroatoms. The van der Waals surface area contributed by atoms with Crippen molar-refractivity contribution in [2.75, 3.05) is 12.3 Å². The molecule has 0 spiro atoms. The predicted molar refractivity (Wildman–Crippen MR) is 81.1 cm³/mol. The van der Waals surface area contributed by atoms with Crippen LogP contribution < -0.4 is 16.2 Å². The van der Waals surface area contributed by atoms with Crippen molar-refractivity contribution >= 4 is 17.6 Å². The molecule has 2 rings (SSSR count). The van der Waals surface area contributed by atoms with Gasteiger partial charge in [-0.1, -0.05) is 30.3 Å². The summed E-state index contributed by atoms with van der Waals surface area (Å²) in [4.78, 5) is 22.7. The number of hydrogen-bond donors (Lipinski definition) is 2. The zero-order valence-corrected chi connectivity index (χ0v) is 11.8. The van der Waals surface area contributed by atoms with Gasteiger partial charge in [-0.05, 0) is 23.8 Å². The number of benzene rings is 2. The van der Waals surface area contributed by atoms with Crippen molar-refractivity contribution in [3.8, 4) is 5.75 Å². The summed E-state index contributed by atoms with van der Waals surface area (Å²) in [5.41, 5.74) is 12.2. The topological polar surface area (TPSA) is 105 Å². The fraction of sp³-hybridized carbons (Fsp3) is 0.125. The van der Waals surface area contributed by atoms with Crippen LogP contribution in [0.5, 0.6) is 5.75 Å². The Morgan fingerprint density at radius 2 is 1.77 bits per heavy atom. The maximum atomic E-state index is 12.0. The van der Waals surface area contributed by atoms with Crippen molar-refractivity contribution in [2.24, 2.45) is 5.73 Å². The second-order valence-corrected chi connectivity index (χ2v) is 4.57. The summed E-state index contributed by atoms with van der Waals surface area (Å²) in [6, 6.07) is 13.8. The Morgan fingerprint density at radius 3 is 2.45 bits per heavy atom. The average Bonchev–Trinajstić information content (AvgIpc) is 2.52. The first kappa shape index (κ1) is 15.4. The smallest absolute Gasteiger partial charge is 0.338 e. The van der Waals surface area contributed by atoms with Gasteiger partial charge in [0.15, 0.2) is 6.61 Å². The molecule has 0 atom stereocenters. The van der Waals surface area contributed by atoms with Crippen LogP contribution in [-0.4, -0.2) is 18.5 Å². The van der Waals surface area contributed by atoms with Crippen LogP contribution in [0.1, 0.15) is 15.9 Å². The van der Waals surface area contributed by atoms with Crippen LogP contribution in [0.15, 0.2) is 48.5 Å². The van der Waals surface area contributed by atoms with Gasteiger partial charge in [0, 0.05) is 0 Å². The third-order valence-electron chi connectivity index (χ3n) is 2.83. The number of amides is 1. The maximum Gasteiger partial charge on any atom is 0.338 e. The largest absolute Gasteiger partial charge is 0.482 e. The second kappa shape index (κ2) is 7.12. The van der Waals surface area contributed by atoms with Crippen LogP contribution in [0, 0.1) is 0 Å². The molecule has 0 aromatic heterocycles. The van der Waals surface area contributed by atoms with Crippen LogP contribution in [0.25, 0.3) is 0 Å². The summed E-state index contributed by atoms with van der Waals surface area (Å²) in [6.07, 6.45) is 0. The molecule has 0 radical (unpaired) electrons. The average molecular weight is 300 g/mol. The molecule has 6 nitrogen and oxygen atoms in total. The number of nitrogen functional groups attached to an aromatic ring is 1. The van der Waals surface area contributed by atoms with Gasteiger partial charge in [0.2, 0.25) is 0 Å². The Hall–Kier alpha value is -3.02. The van der Waals surface area contributed by atoms with E-state index in [-0.39, 0.29) is 24.5 Å². The molecule has 0 aliphatic carbocycles. The maximum absolute atomic E-state index is 12.0. The molecule has 0 saturated carbocycles. The van der Waals surface area contributed by atoms with E-state index in [4.69, 9.17) is 20.9 Å². The van der Waals surface area contributed by atoms with Crippen molar-refractivity contribution in [3.63, 3.8) is 0 Å². The number of primary amides is 1. The molecule has 0 fully saturated rings. The lowest BCUT2D eigenvalue weighted by Crippen LogP contribution is -2.20. The van der Waals surface area contributed by atoms with Crippen LogP contribution in [-0.2, 0) is 16.1 Å². The Bertz CT molecular complexity index is 671. The molecule has 0 bridgehead atoms. The number of ether oxygens (including phenoxy) is 2. The molecule has 22 heavy (non-hydrogen) atoms. The first-order valence-corrected chi connectivity index (χ1v) is 6.58.